The molecule has 3 aromatic rings. The molecular weight excluding hydrogens is 376 g/mol. The first-order chi connectivity index (χ1) is 13.8. The van der Waals surface area contributed by atoms with Gasteiger partial charge in [0.05, 0.1) is 12.3 Å². The number of fused-ring (bicyclic) bond motifs is 1. The summed E-state index contributed by atoms with van der Waals surface area (Å²) in [6, 6.07) is 13.8. The standard InChI is InChI=1S/C20H20N4O3S/c25-20(12-28-17-5-6-18-19(9-17)27-8-7-26-18)22-10-15-1-3-16(4-2-15)11-24-14-21-13-23-24/h1-6,9,13-14H,7-8,10-12H2,(H,22,25). The summed E-state index contributed by atoms with van der Waals surface area (Å²) in [6.45, 7) is 2.31. The molecule has 0 fully saturated rings. The zero-order chi connectivity index (χ0) is 19.2. The largest absolute Gasteiger partial charge is 0.486 e. The summed E-state index contributed by atoms with van der Waals surface area (Å²) in [4.78, 5) is 17.1. The van der Waals surface area contributed by atoms with Crippen LogP contribution in [0.4, 0.5) is 0 Å². The molecule has 2 heterocycles. The van der Waals surface area contributed by atoms with Gasteiger partial charge in [0.15, 0.2) is 11.5 Å². The molecule has 0 atom stereocenters. The zero-order valence-electron chi connectivity index (χ0n) is 15.2. The zero-order valence-corrected chi connectivity index (χ0v) is 16.0. The van der Waals surface area contributed by atoms with Crippen LogP contribution in [0.5, 0.6) is 11.5 Å². The summed E-state index contributed by atoms with van der Waals surface area (Å²) in [6.07, 6.45) is 3.21. The number of nitrogens with zero attached hydrogens (tertiary/aromatic N) is 3. The van der Waals surface area contributed by atoms with Crippen LogP contribution in [-0.2, 0) is 17.9 Å². The second kappa shape index (κ2) is 8.79. The Morgan fingerprint density at radius 3 is 2.64 bits per heavy atom. The van der Waals surface area contributed by atoms with Crippen molar-refractivity contribution >= 4 is 17.7 Å². The molecule has 4 rings (SSSR count). The average Bonchev–Trinajstić information content (AvgIpc) is 3.24. The summed E-state index contributed by atoms with van der Waals surface area (Å²) in [5.41, 5.74) is 2.19. The Morgan fingerprint density at radius 2 is 1.86 bits per heavy atom. The number of thioether (sulfide) groups is 1. The van der Waals surface area contributed by atoms with Gasteiger partial charge in [-0.1, -0.05) is 24.3 Å². The Hall–Kier alpha value is -3.00. The monoisotopic (exact) mass is 396 g/mol. The number of carbonyl (C=O) groups is 1. The number of amides is 1. The molecule has 0 bridgehead atoms. The molecule has 7 nitrogen and oxygen atoms in total. The molecule has 0 aliphatic carbocycles. The molecule has 0 spiro atoms. The molecule has 0 radical (unpaired) electrons. The van der Waals surface area contributed by atoms with Gasteiger partial charge in [0, 0.05) is 11.4 Å². The number of benzene rings is 2. The molecule has 0 saturated carbocycles. The van der Waals surface area contributed by atoms with E-state index in [4.69, 9.17) is 9.47 Å². The molecular formula is C20H20N4O3S. The first-order valence-corrected chi connectivity index (χ1v) is 9.94. The van der Waals surface area contributed by atoms with E-state index in [1.165, 1.54) is 18.1 Å². The van der Waals surface area contributed by atoms with E-state index in [1.54, 1.807) is 11.0 Å². The number of rotatable bonds is 7. The van der Waals surface area contributed by atoms with Gasteiger partial charge < -0.3 is 14.8 Å². The lowest BCUT2D eigenvalue weighted by atomic mass is 10.1. The van der Waals surface area contributed by atoms with Gasteiger partial charge in [0.1, 0.15) is 25.9 Å². The highest BCUT2D eigenvalue weighted by Crippen LogP contribution is 2.34. The van der Waals surface area contributed by atoms with E-state index in [2.05, 4.69) is 15.4 Å². The van der Waals surface area contributed by atoms with Gasteiger partial charge in [-0.15, -0.1) is 11.8 Å². The second-order valence-corrected chi connectivity index (χ2v) is 7.33. The van der Waals surface area contributed by atoms with Crippen LogP contribution in [0.2, 0.25) is 0 Å². The van der Waals surface area contributed by atoms with Crippen molar-refractivity contribution in [1.82, 2.24) is 20.1 Å². The number of nitrogens with one attached hydrogen (secondary N) is 1. The van der Waals surface area contributed by atoms with Gasteiger partial charge in [-0.05, 0) is 29.3 Å². The van der Waals surface area contributed by atoms with E-state index in [0.717, 1.165) is 27.5 Å². The van der Waals surface area contributed by atoms with Crippen LogP contribution in [0.15, 0.2) is 60.0 Å². The van der Waals surface area contributed by atoms with Gasteiger partial charge in [0.25, 0.3) is 0 Å². The molecule has 1 aliphatic heterocycles. The van der Waals surface area contributed by atoms with Crippen LogP contribution < -0.4 is 14.8 Å². The predicted molar refractivity (Wildman–Crippen MR) is 106 cm³/mol. The van der Waals surface area contributed by atoms with Gasteiger partial charge in [-0.2, -0.15) is 5.10 Å². The van der Waals surface area contributed by atoms with Crippen molar-refractivity contribution in [3.63, 3.8) is 0 Å². The van der Waals surface area contributed by atoms with Crippen LogP contribution in [0, 0.1) is 0 Å². The number of ether oxygens (including phenoxy) is 2. The van der Waals surface area contributed by atoms with Gasteiger partial charge >= 0.3 is 0 Å². The van der Waals surface area contributed by atoms with E-state index in [9.17, 15) is 4.79 Å². The molecule has 1 N–H and O–H groups in total. The summed E-state index contributed by atoms with van der Waals surface area (Å²) in [5, 5.41) is 7.05. The third-order valence-corrected chi connectivity index (χ3v) is 5.20. The van der Waals surface area contributed by atoms with Gasteiger partial charge in [-0.25, -0.2) is 9.67 Å². The Morgan fingerprint density at radius 1 is 1.07 bits per heavy atom. The fraction of sp³-hybridized carbons (Fsp3) is 0.250. The van der Waals surface area contributed by atoms with E-state index < -0.39 is 0 Å². The van der Waals surface area contributed by atoms with E-state index >= 15 is 0 Å². The Balaban J connectivity index is 1.23. The number of hydrogen-bond donors (Lipinski definition) is 1. The van der Waals surface area contributed by atoms with E-state index in [0.29, 0.717) is 32.1 Å². The average molecular weight is 396 g/mol. The molecule has 0 unspecified atom stereocenters. The smallest absolute Gasteiger partial charge is 0.230 e. The highest BCUT2D eigenvalue weighted by molar-refractivity contribution is 8.00. The van der Waals surface area contributed by atoms with Crippen molar-refractivity contribution in [2.24, 2.45) is 0 Å². The van der Waals surface area contributed by atoms with Crippen molar-refractivity contribution in [3.8, 4) is 11.5 Å². The third-order valence-electron chi connectivity index (χ3n) is 4.21. The van der Waals surface area contributed by atoms with Gasteiger partial charge in [-0.3, -0.25) is 4.79 Å². The third kappa shape index (κ3) is 4.83. The number of hydrogen-bond acceptors (Lipinski definition) is 6. The van der Waals surface area contributed by atoms with Crippen LogP contribution in [0.1, 0.15) is 11.1 Å². The maximum Gasteiger partial charge on any atom is 0.230 e. The van der Waals surface area contributed by atoms with Crippen LogP contribution >= 0.6 is 11.8 Å². The minimum atomic E-state index is -0.00780. The first-order valence-electron chi connectivity index (χ1n) is 8.96. The van der Waals surface area contributed by atoms with Crippen molar-refractivity contribution in [2.45, 2.75) is 18.0 Å². The summed E-state index contributed by atoms with van der Waals surface area (Å²) < 4.78 is 12.8. The van der Waals surface area contributed by atoms with Crippen molar-refractivity contribution in [1.29, 1.82) is 0 Å². The van der Waals surface area contributed by atoms with Crippen molar-refractivity contribution < 1.29 is 14.3 Å². The summed E-state index contributed by atoms with van der Waals surface area (Å²) in [5.74, 6) is 1.84. The lowest BCUT2D eigenvalue weighted by molar-refractivity contribution is -0.118. The number of carbonyl (C=O) groups excluding carboxylic acids is 1. The maximum atomic E-state index is 12.2. The molecule has 144 valence electrons. The second-order valence-electron chi connectivity index (χ2n) is 6.28. The molecule has 28 heavy (non-hydrogen) atoms. The predicted octanol–water partition coefficient (Wildman–Crippen LogP) is 2.51. The lowest BCUT2D eigenvalue weighted by Gasteiger charge is -2.18. The van der Waals surface area contributed by atoms with Crippen molar-refractivity contribution in [2.75, 3.05) is 19.0 Å². The number of aromatic nitrogens is 3. The Kier molecular flexibility index (Phi) is 5.77. The minimum Gasteiger partial charge on any atom is -0.486 e. The van der Waals surface area contributed by atoms with Crippen LogP contribution in [-0.4, -0.2) is 39.6 Å². The summed E-state index contributed by atoms with van der Waals surface area (Å²) in [7, 11) is 0. The van der Waals surface area contributed by atoms with E-state index in [-0.39, 0.29) is 5.91 Å². The normalized spacial score (nSPS) is 12.6. The highest BCUT2D eigenvalue weighted by atomic mass is 32.2. The van der Waals surface area contributed by atoms with Crippen LogP contribution in [0.3, 0.4) is 0 Å². The molecule has 8 heteroatoms. The van der Waals surface area contributed by atoms with E-state index in [1.807, 2.05) is 42.5 Å². The van der Waals surface area contributed by atoms with Crippen LogP contribution in [0.25, 0.3) is 0 Å². The SMILES string of the molecule is O=C(CSc1ccc2c(c1)OCCO2)NCc1ccc(Cn2cncn2)cc1. The molecule has 0 saturated heterocycles. The topological polar surface area (TPSA) is 78.3 Å². The Labute approximate surface area is 167 Å². The Bertz CT molecular complexity index is 929. The molecule has 1 aromatic heterocycles. The lowest BCUT2D eigenvalue weighted by Crippen LogP contribution is -2.24. The van der Waals surface area contributed by atoms with Crippen molar-refractivity contribution in [3.05, 3.63) is 66.2 Å². The maximum absolute atomic E-state index is 12.2. The molecule has 2 aromatic carbocycles. The van der Waals surface area contributed by atoms with Gasteiger partial charge in [0.2, 0.25) is 5.91 Å². The fourth-order valence-electron chi connectivity index (χ4n) is 2.78. The summed E-state index contributed by atoms with van der Waals surface area (Å²) >= 11 is 1.48. The molecule has 1 amide bonds. The molecule has 1 aliphatic rings. The quantitative estimate of drug-likeness (QED) is 0.619. The minimum absolute atomic E-state index is 0.00780. The first kappa shape index (κ1) is 18.4. The highest BCUT2D eigenvalue weighted by Gasteiger charge is 2.12. The fourth-order valence-corrected chi connectivity index (χ4v) is 3.53.